The van der Waals surface area contributed by atoms with Crippen molar-refractivity contribution in [2.75, 3.05) is 13.1 Å². The summed E-state index contributed by atoms with van der Waals surface area (Å²) < 4.78 is 26.4. The van der Waals surface area contributed by atoms with Crippen LogP contribution < -0.4 is 0 Å². The number of H-pyrrole nitrogens is 1. The summed E-state index contributed by atoms with van der Waals surface area (Å²) in [5.74, 6) is 0.734. The Hall–Kier alpha value is -2.18. The largest absolute Gasteiger partial charge is 0.338 e. The van der Waals surface area contributed by atoms with Crippen LogP contribution in [0.25, 0.3) is 22.4 Å². The molecule has 0 aliphatic carbocycles. The van der Waals surface area contributed by atoms with Gasteiger partial charge in [-0.25, -0.2) is 13.4 Å². The van der Waals surface area contributed by atoms with E-state index in [1.54, 1.807) is 24.3 Å². The molecule has 120 valence electrons. The standard InChI is InChI=1S/C17H19N3O2S/c1-3-20(4-2)23(21,22)14-11-9-13(10-12-14)17-18-15-7-5-6-8-16(15)19-17/h5-12H,3-4H2,1-2H3,(H,18,19). The van der Waals surface area contributed by atoms with Crippen LogP contribution >= 0.6 is 0 Å². The Balaban J connectivity index is 1.96. The molecule has 0 amide bonds. The van der Waals surface area contributed by atoms with Crippen LogP contribution in [0.2, 0.25) is 0 Å². The summed E-state index contributed by atoms with van der Waals surface area (Å²) in [6.45, 7) is 4.60. The van der Waals surface area contributed by atoms with Crippen LogP contribution in [-0.2, 0) is 10.0 Å². The van der Waals surface area contributed by atoms with Gasteiger partial charge in [-0.2, -0.15) is 4.31 Å². The first-order valence-electron chi connectivity index (χ1n) is 7.61. The molecule has 1 heterocycles. The summed E-state index contributed by atoms with van der Waals surface area (Å²) in [6.07, 6.45) is 0. The van der Waals surface area contributed by atoms with E-state index < -0.39 is 10.0 Å². The topological polar surface area (TPSA) is 66.1 Å². The fraction of sp³-hybridized carbons (Fsp3) is 0.235. The molecular formula is C17H19N3O2S. The molecule has 0 aliphatic rings. The van der Waals surface area contributed by atoms with Gasteiger partial charge in [0.1, 0.15) is 5.82 Å². The third kappa shape index (κ3) is 2.87. The summed E-state index contributed by atoms with van der Waals surface area (Å²) in [5.41, 5.74) is 2.71. The minimum atomic E-state index is -3.42. The summed E-state index contributed by atoms with van der Waals surface area (Å²) in [5, 5.41) is 0. The van der Waals surface area contributed by atoms with Crippen molar-refractivity contribution in [3.05, 3.63) is 48.5 Å². The molecule has 0 bridgehead atoms. The number of nitrogens with zero attached hydrogens (tertiary/aromatic N) is 2. The molecule has 0 spiro atoms. The van der Waals surface area contributed by atoms with Gasteiger partial charge in [0.15, 0.2) is 0 Å². The predicted octanol–water partition coefficient (Wildman–Crippen LogP) is 3.26. The number of benzene rings is 2. The minimum absolute atomic E-state index is 0.307. The van der Waals surface area contributed by atoms with Crippen LogP contribution in [0.1, 0.15) is 13.8 Å². The van der Waals surface area contributed by atoms with Gasteiger partial charge in [0.05, 0.1) is 15.9 Å². The van der Waals surface area contributed by atoms with E-state index in [1.807, 2.05) is 38.1 Å². The zero-order valence-electron chi connectivity index (χ0n) is 13.2. The third-order valence-electron chi connectivity index (χ3n) is 3.86. The number of rotatable bonds is 5. The molecule has 1 N–H and O–H groups in total. The van der Waals surface area contributed by atoms with Crippen LogP contribution in [-0.4, -0.2) is 35.8 Å². The van der Waals surface area contributed by atoms with Crippen LogP contribution in [0.4, 0.5) is 0 Å². The number of fused-ring (bicyclic) bond motifs is 1. The van der Waals surface area contributed by atoms with Gasteiger partial charge in [-0.15, -0.1) is 0 Å². The molecule has 5 nitrogen and oxygen atoms in total. The summed E-state index contributed by atoms with van der Waals surface area (Å²) >= 11 is 0. The molecule has 23 heavy (non-hydrogen) atoms. The van der Waals surface area contributed by atoms with Crippen molar-refractivity contribution in [1.82, 2.24) is 14.3 Å². The average Bonchev–Trinajstić information content (AvgIpc) is 3.00. The first-order chi connectivity index (χ1) is 11.1. The van der Waals surface area contributed by atoms with Crippen molar-refractivity contribution in [1.29, 1.82) is 0 Å². The number of hydrogen-bond acceptors (Lipinski definition) is 3. The number of imidazole rings is 1. The van der Waals surface area contributed by atoms with E-state index in [0.29, 0.717) is 18.0 Å². The first-order valence-corrected chi connectivity index (χ1v) is 9.05. The van der Waals surface area contributed by atoms with Gasteiger partial charge in [-0.3, -0.25) is 0 Å². The van der Waals surface area contributed by atoms with Crippen molar-refractivity contribution >= 4 is 21.1 Å². The van der Waals surface area contributed by atoms with E-state index in [1.165, 1.54) is 4.31 Å². The first kappa shape index (κ1) is 15.7. The van der Waals surface area contributed by atoms with E-state index >= 15 is 0 Å². The zero-order chi connectivity index (χ0) is 16.4. The van der Waals surface area contributed by atoms with E-state index in [9.17, 15) is 8.42 Å². The maximum Gasteiger partial charge on any atom is 0.243 e. The Morgan fingerprint density at radius 1 is 1.00 bits per heavy atom. The van der Waals surface area contributed by atoms with Gasteiger partial charge in [0.25, 0.3) is 0 Å². The Kier molecular flexibility index (Phi) is 4.19. The SMILES string of the molecule is CCN(CC)S(=O)(=O)c1ccc(-c2nc3ccccc3[nH]2)cc1. The van der Waals surface area contributed by atoms with Gasteiger partial charge in [0.2, 0.25) is 10.0 Å². The Bertz CT molecular complexity index is 877. The molecule has 0 saturated carbocycles. The molecule has 2 aromatic carbocycles. The highest BCUT2D eigenvalue weighted by Crippen LogP contribution is 2.23. The lowest BCUT2D eigenvalue weighted by Crippen LogP contribution is -2.30. The summed E-state index contributed by atoms with van der Waals surface area (Å²) in [4.78, 5) is 8.08. The normalized spacial score (nSPS) is 12.1. The quantitative estimate of drug-likeness (QED) is 0.781. The van der Waals surface area contributed by atoms with Gasteiger partial charge in [-0.05, 0) is 36.4 Å². The molecule has 3 aromatic rings. The van der Waals surface area contributed by atoms with E-state index in [-0.39, 0.29) is 0 Å². The monoisotopic (exact) mass is 329 g/mol. The van der Waals surface area contributed by atoms with Crippen molar-refractivity contribution in [2.24, 2.45) is 0 Å². The lowest BCUT2D eigenvalue weighted by molar-refractivity contribution is 0.445. The smallest absolute Gasteiger partial charge is 0.243 e. The van der Waals surface area contributed by atoms with Gasteiger partial charge in [-0.1, -0.05) is 26.0 Å². The lowest BCUT2D eigenvalue weighted by atomic mass is 10.2. The molecule has 1 aromatic heterocycles. The average molecular weight is 329 g/mol. The van der Waals surface area contributed by atoms with Crippen molar-refractivity contribution in [2.45, 2.75) is 18.7 Å². The van der Waals surface area contributed by atoms with Gasteiger partial charge in [0, 0.05) is 18.7 Å². The van der Waals surface area contributed by atoms with Crippen LogP contribution in [0.15, 0.2) is 53.4 Å². The number of aromatic amines is 1. The van der Waals surface area contributed by atoms with Crippen LogP contribution in [0.3, 0.4) is 0 Å². The predicted molar refractivity (Wildman–Crippen MR) is 91.6 cm³/mol. The molecular weight excluding hydrogens is 310 g/mol. The molecule has 0 atom stereocenters. The van der Waals surface area contributed by atoms with E-state index in [2.05, 4.69) is 9.97 Å². The Morgan fingerprint density at radius 3 is 2.26 bits per heavy atom. The van der Waals surface area contributed by atoms with Crippen molar-refractivity contribution in [3.63, 3.8) is 0 Å². The fourth-order valence-corrected chi connectivity index (χ4v) is 4.04. The van der Waals surface area contributed by atoms with Gasteiger partial charge < -0.3 is 4.98 Å². The zero-order valence-corrected chi connectivity index (χ0v) is 14.0. The highest BCUT2D eigenvalue weighted by Gasteiger charge is 2.21. The van der Waals surface area contributed by atoms with Crippen molar-refractivity contribution < 1.29 is 8.42 Å². The highest BCUT2D eigenvalue weighted by atomic mass is 32.2. The fourth-order valence-electron chi connectivity index (χ4n) is 2.59. The molecule has 0 fully saturated rings. The molecule has 6 heteroatoms. The van der Waals surface area contributed by atoms with Crippen LogP contribution in [0, 0.1) is 0 Å². The number of hydrogen-bond donors (Lipinski definition) is 1. The highest BCUT2D eigenvalue weighted by molar-refractivity contribution is 7.89. The summed E-state index contributed by atoms with van der Waals surface area (Å²) in [6, 6.07) is 14.6. The molecule has 0 radical (unpaired) electrons. The number of aromatic nitrogens is 2. The third-order valence-corrected chi connectivity index (χ3v) is 5.92. The van der Waals surface area contributed by atoms with Crippen LogP contribution in [0.5, 0.6) is 0 Å². The second-order valence-electron chi connectivity index (χ2n) is 5.22. The maximum atomic E-state index is 12.5. The molecule has 0 aliphatic heterocycles. The number of sulfonamides is 1. The molecule has 0 unspecified atom stereocenters. The Morgan fingerprint density at radius 2 is 1.65 bits per heavy atom. The number of para-hydroxylation sites is 2. The Labute approximate surface area is 136 Å². The van der Waals surface area contributed by atoms with E-state index in [0.717, 1.165) is 22.4 Å². The lowest BCUT2D eigenvalue weighted by Gasteiger charge is -2.18. The second kappa shape index (κ2) is 6.14. The number of nitrogens with one attached hydrogen (secondary N) is 1. The minimum Gasteiger partial charge on any atom is -0.338 e. The molecule has 3 rings (SSSR count). The summed E-state index contributed by atoms with van der Waals surface area (Å²) in [7, 11) is -3.42. The van der Waals surface area contributed by atoms with Gasteiger partial charge >= 0.3 is 0 Å². The second-order valence-corrected chi connectivity index (χ2v) is 7.15. The van der Waals surface area contributed by atoms with E-state index in [4.69, 9.17) is 0 Å². The maximum absolute atomic E-state index is 12.5. The van der Waals surface area contributed by atoms with Crippen molar-refractivity contribution in [3.8, 4) is 11.4 Å². The molecule has 0 saturated heterocycles.